The summed E-state index contributed by atoms with van der Waals surface area (Å²) in [6, 6.07) is 25.5. The largest absolute Gasteiger partial charge is 2.00 e. The van der Waals surface area contributed by atoms with E-state index in [1.165, 1.54) is 5.56 Å². The van der Waals surface area contributed by atoms with Crippen LogP contribution in [-0.4, -0.2) is 43.3 Å². The van der Waals surface area contributed by atoms with Gasteiger partial charge in [-0.25, -0.2) is 0 Å². The molecule has 6 nitrogen and oxygen atoms in total. The van der Waals surface area contributed by atoms with E-state index >= 15 is 0 Å². The second-order valence-corrected chi connectivity index (χ2v) is 7.78. The van der Waals surface area contributed by atoms with Gasteiger partial charge >= 0.3 is 21.1 Å². The van der Waals surface area contributed by atoms with E-state index in [1.807, 2.05) is 86.7 Å². The number of anilines is 1. The molecule has 0 aliphatic rings. The van der Waals surface area contributed by atoms with Crippen LogP contribution in [0.15, 0.2) is 73.1 Å². The van der Waals surface area contributed by atoms with E-state index in [4.69, 9.17) is 9.84 Å². The molecule has 0 radical (unpaired) electrons. The maximum Gasteiger partial charge on any atom is 2.00 e. The number of benzene rings is 2. The zero-order valence-electron chi connectivity index (χ0n) is 20.4. The van der Waals surface area contributed by atoms with Crippen molar-refractivity contribution in [1.29, 1.82) is 0 Å². The minimum Gasteiger partial charge on any atom is -0.516 e. The summed E-state index contributed by atoms with van der Waals surface area (Å²) < 4.78 is 5.20. The molecular formula is C28H30N4O2Pt. The first-order chi connectivity index (χ1) is 16.5. The molecule has 2 aromatic heterocycles. The molecule has 2 N–H and O–H groups in total. The number of rotatable bonds is 7. The summed E-state index contributed by atoms with van der Waals surface area (Å²) in [6.07, 6.45) is 3.60. The zero-order valence-corrected chi connectivity index (χ0v) is 22.6. The Morgan fingerprint density at radius 1 is 0.886 bits per heavy atom. The van der Waals surface area contributed by atoms with E-state index in [-0.39, 0.29) is 27.7 Å². The summed E-state index contributed by atoms with van der Waals surface area (Å²) in [5, 5.41) is 12.2. The van der Waals surface area contributed by atoms with Crippen LogP contribution in [0, 0.1) is 12.1 Å². The molecule has 0 aliphatic carbocycles. The van der Waals surface area contributed by atoms with Gasteiger partial charge in [0.15, 0.2) is 0 Å². The second-order valence-electron chi connectivity index (χ2n) is 7.78. The topological polar surface area (TPSA) is 70.5 Å². The molecule has 0 fully saturated rings. The van der Waals surface area contributed by atoms with Gasteiger partial charge in [-0.2, -0.15) is 0 Å². The first kappa shape index (κ1) is 28.2. The normalized spacial score (nSPS) is 9.97. The van der Waals surface area contributed by atoms with Gasteiger partial charge in [-0.15, -0.1) is 65.2 Å². The monoisotopic (exact) mass is 649 g/mol. The third kappa shape index (κ3) is 8.29. The maximum atomic E-state index is 9.10. The number of nitrogens with one attached hydrogen (secondary N) is 1. The van der Waals surface area contributed by atoms with E-state index in [0.29, 0.717) is 0 Å². The van der Waals surface area contributed by atoms with Gasteiger partial charge in [-0.3, -0.25) is 0 Å². The van der Waals surface area contributed by atoms with Crippen LogP contribution in [0.1, 0.15) is 11.1 Å². The van der Waals surface area contributed by atoms with Crippen molar-refractivity contribution in [2.45, 2.75) is 13.2 Å². The van der Waals surface area contributed by atoms with Crippen molar-refractivity contribution < 1.29 is 30.9 Å². The Bertz CT molecular complexity index is 1200. The summed E-state index contributed by atoms with van der Waals surface area (Å²) in [7, 11) is 7.59. The van der Waals surface area contributed by atoms with Crippen LogP contribution in [0.3, 0.4) is 0 Å². The third-order valence-corrected chi connectivity index (χ3v) is 5.07. The van der Waals surface area contributed by atoms with Crippen molar-refractivity contribution in [2.75, 3.05) is 33.2 Å². The van der Waals surface area contributed by atoms with Crippen molar-refractivity contribution in [1.82, 2.24) is 15.3 Å². The number of aromatic nitrogens is 2. The minimum atomic E-state index is 0. The Balaban J connectivity index is 0.000000240. The zero-order chi connectivity index (χ0) is 24.3. The molecule has 0 spiro atoms. The fraction of sp³-hybridized carbons (Fsp3) is 0.214. The molecule has 0 saturated carbocycles. The molecule has 4 aromatic rings. The van der Waals surface area contributed by atoms with Gasteiger partial charge < -0.3 is 30.0 Å². The molecule has 35 heavy (non-hydrogen) atoms. The molecule has 0 unspecified atom stereocenters. The van der Waals surface area contributed by atoms with Crippen LogP contribution in [0.2, 0.25) is 0 Å². The van der Waals surface area contributed by atoms with Crippen molar-refractivity contribution in [3.8, 4) is 28.3 Å². The van der Waals surface area contributed by atoms with Crippen molar-refractivity contribution in [3.05, 3.63) is 96.3 Å². The smallest absolute Gasteiger partial charge is 0.516 e. The van der Waals surface area contributed by atoms with E-state index < -0.39 is 0 Å². The molecule has 0 atom stereocenters. The minimum absolute atomic E-state index is 0. The van der Waals surface area contributed by atoms with Crippen molar-refractivity contribution in [2.24, 2.45) is 0 Å². The Morgan fingerprint density at radius 2 is 1.54 bits per heavy atom. The van der Waals surface area contributed by atoms with Gasteiger partial charge in [0, 0.05) is 44.5 Å². The summed E-state index contributed by atoms with van der Waals surface area (Å²) in [4.78, 5) is 10.7. The quantitative estimate of drug-likeness (QED) is 0.290. The molecule has 4 rings (SSSR count). The van der Waals surface area contributed by atoms with Crippen LogP contribution in [-0.2, 0) is 34.2 Å². The predicted octanol–water partition coefficient (Wildman–Crippen LogP) is 4.38. The Labute approximate surface area is 222 Å². The first-order valence-corrected chi connectivity index (χ1v) is 10.9. The summed E-state index contributed by atoms with van der Waals surface area (Å²) in [5.41, 5.74) is 6.80. The number of pyridine rings is 2. The number of ether oxygens (including phenoxy) is 1. The molecule has 184 valence electrons. The van der Waals surface area contributed by atoms with Crippen molar-refractivity contribution in [3.63, 3.8) is 0 Å². The maximum absolute atomic E-state index is 9.10. The van der Waals surface area contributed by atoms with Gasteiger partial charge in [0.25, 0.3) is 0 Å². The van der Waals surface area contributed by atoms with Gasteiger partial charge in [-0.1, -0.05) is 12.1 Å². The number of hydrogen-bond donors (Lipinski definition) is 2. The van der Waals surface area contributed by atoms with Gasteiger partial charge in [0.2, 0.25) is 0 Å². The van der Waals surface area contributed by atoms with Gasteiger partial charge in [-0.05, 0) is 36.1 Å². The average molecular weight is 650 g/mol. The van der Waals surface area contributed by atoms with Crippen LogP contribution < -0.4 is 15.0 Å². The van der Waals surface area contributed by atoms with E-state index in [2.05, 4.69) is 27.4 Å². The van der Waals surface area contributed by atoms with Gasteiger partial charge in [0.1, 0.15) is 0 Å². The van der Waals surface area contributed by atoms with Crippen molar-refractivity contribution >= 4 is 5.69 Å². The SMILES string of the molecule is CNCc1ccnc(-c2[c-]ccc(CO)c2)c1.COc1cc[c-]c(-c2cc(N(C)C)ccn2)c1.[Pt+2]. The Kier molecular flexibility index (Phi) is 11.6. The first-order valence-electron chi connectivity index (χ1n) is 10.9. The van der Waals surface area contributed by atoms with Crippen LogP contribution in [0.25, 0.3) is 22.5 Å². The summed E-state index contributed by atoms with van der Waals surface area (Å²) in [6.45, 7) is 0.854. The molecule has 0 amide bonds. The van der Waals surface area contributed by atoms with E-state index in [1.54, 1.807) is 19.5 Å². The molecule has 7 heteroatoms. The second kappa shape index (κ2) is 14.4. The third-order valence-electron chi connectivity index (χ3n) is 5.07. The van der Waals surface area contributed by atoms with Gasteiger partial charge in [0.05, 0.1) is 13.7 Å². The predicted molar refractivity (Wildman–Crippen MR) is 137 cm³/mol. The number of aliphatic hydroxyl groups is 1. The average Bonchev–Trinajstić information content (AvgIpc) is 2.89. The molecule has 2 aromatic carbocycles. The summed E-state index contributed by atoms with van der Waals surface area (Å²) >= 11 is 0. The van der Waals surface area contributed by atoms with E-state index in [9.17, 15) is 0 Å². The fourth-order valence-electron chi connectivity index (χ4n) is 3.26. The van der Waals surface area contributed by atoms with Crippen LogP contribution in [0.4, 0.5) is 5.69 Å². The number of hydrogen-bond acceptors (Lipinski definition) is 6. The number of aliphatic hydroxyl groups excluding tert-OH is 1. The van der Waals surface area contributed by atoms with E-state index in [0.717, 1.165) is 46.1 Å². The number of nitrogens with zero attached hydrogens (tertiary/aromatic N) is 3. The Morgan fingerprint density at radius 3 is 2.20 bits per heavy atom. The Hall–Kier alpha value is -3.05. The molecule has 0 bridgehead atoms. The standard InChI is InChI=1S/2C14H15N2O.Pt/c1-16(2)12-7-8-15-14(10-12)11-5-4-6-13(9-11)17-3;1-15-9-11-5-6-16-14(8-11)13-4-2-3-12(7-13)10-17;/h4,6-10H,1-3H3;2-3,5-8,15,17H,9-10H2,1H3;/q2*-1;+2. The van der Waals surface area contributed by atoms with Crippen LogP contribution >= 0.6 is 0 Å². The number of methoxy groups -OCH3 is 1. The molecular weight excluding hydrogens is 619 g/mol. The van der Waals surface area contributed by atoms with Crippen LogP contribution in [0.5, 0.6) is 5.75 Å². The fourth-order valence-corrected chi connectivity index (χ4v) is 3.26. The molecule has 2 heterocycles. The summed E-state index contributed by atoms with van der Waals surface area (Å²) in [5.74, 6) is 0.816. The molecule has 0 saturated heterocycles. The molecule has 0 aliphatic heterocycles.